The molecule has 2 N–H and O–H groups in total. The quantitative estimate of drug-likeness (QED) is 0.485. The van der Waals surface area contributed by atoms with Gasteiger partial charge in [-0.1, -0.05) is 0 Å². The van der Waals surface area contributed by atoms with E-state index in [0.717, 1.165) is 12.8 Å². The van der Waals surface area contributed by atoms with E-state index < -0.39 is 17.9 Å². The van der Waals surface area contributed by atoms with Gasteiger partial charge in [-0.15, -0.1) is 0 Å². The second-order valence-corrected chi connectivity index (χ2v) is 3.53. The molecule has 90 valence electrons. The van der Waals surface area contributed by atoms with Crippen LogP contribution in [-0.4, -0.2) is 37.0 Å². The Morgan fingerprint density at radius 3 is 2.94 bits per heavy atom. The van der Waals surface area contributed by atoms with E-state index >= 15 is 0 Å². The topological polar surface area (TPSA) is 84.5 Å². The summed E-state index contributed by atoms with van der Waals surface area (Å²) in [4.78, 5) is 33.8. The molecule has 0 unspecified atom stereocenters. The van der Waals surface area contributed by atoms with Crippen molar-refractivity contribution in [2.75, 3.05) is 13.2 Å². The van der Waals surface area contributed by atoms with Crippen LogP contribution in [0, 0.1) is 0 Å². The van der Waals surface area contributed by atoms with E-state index in [9.17, 15) is 14.4 Å². The molecule has 1 atom stereocenters. The van der Waals surface area contributed by atoms with Crippen LogP contribution in [-0.2, 0) is 19.1 Å². The maximum absolute atomic E-state index is 11.5. The van der Waals surface area contributed by atoms with E-state index in [0.29, 0.717) is 13.0 Å². The van der Waals surface area contributed by atoms with E-state index in [-0.39, 0.29) is 12.5 Å². The van der Waals surface area contributed by atoms with Crippen molar-refractivity contribution in [2.24, 2.45) is 0 Å². The number of amides is 2. The zero-order chi connectivity index (χ0) is 12.0. The van der Waals surface area contributed by atoms with E-state index in [1.807, 2.05) is 0 Å². The van der Waals surface area contributed by atoms with Gasteiger partial charge in [-0.05, 0) is 26.2 Å². The number of esters is 1. The highest BCUT2D eigenvalue weighted by Gasteiger charge is 2.25. The second kappa shape index (κ2) is 6.09. The molecule has 1 aliphatic heterocycles. The Labute approximate surface area is 93.7 Å². The number of hydrogen-bond acceptors (Lipinski definition) is 4. The van der Waals surface area contributed by atoms with Gasteiger partial charge in [0.05, 0.1) is 6.61 Å². The largest absolute Gasteiger partial charge is 0.459 e. The van der Waals surface area contributed by atoms with Crippen molar-refractivity contribution in [2.45, 2.75) is 32.2 Å². The number of rotatable bonds is 2. The summed E-state index contributed by atoms with van der Waals surface area (Å²) in [6.07, 6.45) is 2.28. The lowest BCUT2D eigenvalue weighted by atomic mass is 10.1. The molecule has 1 fully saturated rings. The van der Waals surface area contributed by atoms with Gasteiger partial charge in [-0.3, -0.25) is 9.59 Å². The first-order valence-electron chi connectivity index (χ1n) is 5.40. The number of carbonyl (C=O) groups is 3. The SMILES string of the molecule is CCOC(=O)C(=O)N[C@H]1CCCCNC1=O. The summed E-state index contributed by atoms with van der Waals surface area (Å²) in [5.41, 5.74) is 0. The number of carbonyl (C=O) groups excluding carboxylic acids is 3. The van der Waals surface area contributed by atoms with Gasteiger partial charge in [0.15, 0.2) is 0 Å². The first-order chi connectivity index (χ1) is 7.65. The van der Waals surface area contributed by atoms with Crippen LogP contribution in [0.15, 0.2) is 0 Å². The summed E-state index contributed by atoms with van der Waals surface area (Å²) in [5.74, 6) is -2.04. The van der Waals surface area contributed by atoms with Crippen LogP contribution >= 0.6 is 0 Å². The monoisotopic (exact) mass is 228 g/mol. The Bertz CT molecular complexity index is 291. The van der Waals surface area contributed by atoms with Gasteiger partial charge >= 0.3 is 11.9 Å². The van der Waals surface area contributed by atoms with E-state index in [4.69, 9.17) is 0 Å². The van der Waals surface area contributed by atoms with E-state index in [1.165, 1.54) is 0 Å². The van der Waals surface area contributed by atoms with Gasteiger partial charge in [0.25, 0.3) is 0 Å². The van der Waals surface area contributed by atoms with Gasteiger partial charge in [0.1, 0.15) is 6.04 Å². The van der Waals surface area contributed by atoms with Crippen molar-refractivity contribution >= 4 is 17.8 Å². The molecule has 1 heterocycles. The van der Waals surface area contributed by atoms with E-state index in [1.54, 1.807) is 6.92 Å². The molecule has 0 aromatic rings. The average molecular weight is 228 g/mol. The third-order valence-electron chi connectivity index (χ3n) is 2.30. The summed E-state index contributed by atoms with van der Waals surface area (Å²) in [6.45, 7) is 2.37. The van der Waals surface area contributed by atoms with Crippen molar-refractivity contribution in [3.05, 3.63) is 0 Å². The lowest BCUT2D eigenvalue weighted by molar-refractivity contribution is -0.155. The summed E-state index contributed by atoms with van der Waals surface area (Å²) in [6, 6.07) is -0.626. The number of hydrogen-bond donors (Lipinski definition) is 2. The Morgan fingerprint density at radius 2 is 2.25 bits per heavy atom. The molecular formula is C10H16N2O4. The molecule has 0 aromatic heterocycles. The summed E-state index contributed by atoms with van der Waals surface area (Å²) in [7, 11) is 0. The highest BCUT2D eigenvalue weighted by Crippen LogP contribution is 2.05. The normalized spacial score (nSPS) is 20.6. The van der Waals surface area contributed by atoms with Crippen LogP contribution in [0.1, 0.15) is 26.2 Å². The zero-order valence-corrected chi connectivity index (χ0v) is 9.25. The van der Waals surface area contributed by atoms with Crippen LogP contribution in [0.4, 0.5) is 0 Å². The lowest BCUT2D eigenvalue weighted by Crippen LogP contribution is -2.48. The molecule has 0 spiro atoms. The van der Waals surface area contributed by atoms with Gasteiger partial charge in [0.2, 0.25) is 5.91 Å². The van der Waals surface area contributed by atoms with Crippen LogP contribution in [0.2, 0.25) is 0 Å². The number of ether oxygens (including phenoxy) is 1. The Balaban J connectivity index is 2.48. The predicted molar refractivity (Wildman–Crippen MR) is 55.4 cm³/mol. The van der Waals surface area contributed by atoms with Gasteiger partial charge in [-0.25, -0.2) is 4.79 Å². The fourth-order valence-corrected chi connectivity index (χ4v) is 1.49. The van der Waals surface area contributed by atoms with E-state index in [2.05, 4.69) is 15.4 Å². The third kappa shape index (κ3) is 3.52. The van der Waals surface area contributed by atoms with Crippen LogP contribution in [0.5, 0.6) is 0 Å². The molecule has 1 rings (SSSR count). The third-order valence-corrected chi connectivity index (χ3v) is 2.30. The molecule has 2 amide bonds. The lowest BCUT2D eigenvalue weighted by Gasteiger charge is -2.14. The van der Waals surface area contributed by atoms with Crippen molar-refractivity contribution in [1.82, 2.24) is 10.6 Å². The molecule has 0 aromatic carbocycles. The summed E-state index contributed by atoms with van der Waals surface area (Å²) in [5, 5.41) is 5.03. The molecule has 16 heavy (non-hydrogen) atoms. The fraction of sp³-hybridized carbons (Fsp3) is 0.700. The fourth-order valence-electron chi connectivity index (χ4n) is 1.49. The van der Waals surface area contributed by atoms with Crippen LogP contribution in [0.25, 0.3) is 0 Å². The summed E-state index contributed by atoms with van der Waals surface area (Å²) < 4.78 is 4.53. The predicted octanol–water partition coefficient (Wildman–Crippen LogP) is -0.666. The Kier molecular flexibility index (Phi) is 4.75. The van der Waals surface area contributed by atoms with Crippen molar-refractivity contribution in [3.63, 3.8) is 0 Å². The minimum Gasteiger partial charge on any atom is -0.459 e. The maximum atomic E-state index is 11.5. The Morgan fingerprint density at radius 1 is 1.50 bits per heavy atom. The van der Waals surface area contributed by atoms with Crippen molar-refractivity contribution in [1.29, 1.82) is 0 Å². The highest BCUT2D eigenvalue weighted by molar-refractivity contribution is 6.32. The first-order valence-corrected chi connectivity index (χ1v) is 5.40. The molecular weight excluding hydrogens is 212 g/mol. The highest BCUT2D eigenvalue weighted by atomic mass is 16.5. The van der Waals surface area contributed by atoms with Gasteiger partial charge < -0.3 is 15.4 Å². The molecule has 1 aliphatic rings. The summed E-state index contributed by atoms with van der Waals surface area (Å²) >= 11 is 0. The zero-order valence-electron chi connectivity index (χ0n) is 9.25. The smallest absolute Gasteiger partial charge is 0.396 e. The maximum Gasteiger partial charge on any atom is 0.396 e. The molecule has 1 saturated heterocycles. The van der Waals surface area contributed by atoms with Crippen LogP contribution < -0.4 is 10.6 Å². The minimum atomic E-state index is -0.945. The Hall–Kier alpha value is -1.59. The standard InChI is InChI=1S/C10H16N2O4/c1-2-16-10(15)9(14)12-7-5-3-4-6-11-8(7)13/h7H,2-6H2,1H3,(H,11,13)(H,12,14)/t7-/m0/s1. The molecule has 0 bridgehead atoms. The average Bonchev–Trinajstić information content (AvgIpc) is 2.45. The molecule has 0 aliphatic carbocycles. The second-order valence-electron chi connectivity index (χ2n) is 3.53. The van der Waals surface area contributed by atoms with Gasteiger partial charge in [-0.2, -0.15) is 0 Å². The van der Waals surface area contributed by atoms with Gasteiger partial charge in [0, 0.05) is 6.54 Å². The minimum absolute atomic E-state index is 0.142. The van der Waals surface area contributed by atoms with Crippen LogP contribution in [0.3, 0.4) is 0 Å². The molecule has 0 radical (unpaired) electrons. The molecule has 6 heteroatoms. The number of nitrogens with one attached hydrogen (secondary N) is 2. The van der Waals surface area contributed by atoms with Crippen molar-refractivity contribution in [3.8, 4) is 0 Å². The first kappa shape index (κ1) is 12.5. The molecule has 6 nitrogen and oxygen atoms in total. The van der Waals surface area contributed by atoms with Crippen molar-refractivity contribution < 1.29 is 19.1 Å². The molecule has 0 saturated carbocycles.